The first kappa shape index (κ1) is 22.9. The van der Waals surface area contributed by atoms with Gasteiger partial charge in [0.25, 0.3) is 5.91 Å². The Hall–Kier alpha value is -3.25. The monoisotopic (exact) mass is 459 g/mol. The van der Waals surface area contributed by atoms with Gasteiger partial charge in [-0.3, -0.25) is 14.7 Å². The Morgan fingerprint density at radius 3 is 2.58 bits per heavy atom. The van der Waals surface area contributed by atoms with Crippen molar-refractivity contribution in [2.24, 2.45) is 0 Å². The summed E-state index contributed by atoms with van der Waals surface area (Å²) in [6, 6.07) is 19.3. The van der Waals surface area contributed by atoms with Gasteiger partial charge in [-0.2, -0.15) is 0 Å². The molecule has 0 fully saturated rings. The summed E-state index contributed by atoms with van der Waals surface area (Å²) < 4.78 is 6.89. The first-order valence-corrected chi connectivity index (χ1v) is 12.3. The van der Waals surface area contributed by atoms with Crippen LogP contribution in [0, 0.1) is 0 Å². The third kappa shape index (κ3) is 5.57. The number of hydrogen-bond donors (Lipinski definition) is 0. The van der Waals surface area contributed by atoms with Crippen molar-refractivity contribution in [3.8, 4) is 5.75 Å². The zero-order valence-electron chi connectivity index (χ0n) is 19.2. The summed E-state index contributed by atoms with van der Waals surface area (Å²) in [5.74, 6) is 0.682. The van der Waals surface area contributed by atoms with E-state index in [-0.39, 0.29) is 5.91 Å². The lowest BCUT2D eigenvalue weighted by Crippen LogP contribution is -2.30. The number of aromatic nitrogens is 2. The van der Waals surface area contributed by atoms with Crippen LogP contribution < -0.4 is 9.64 Å². The maximum Gasteiger partial charge on any atom is 0.260 e. The minimum absolute atomic E-state index is 0.102. The number of amides is 1. The first-order chi connectivity index (χ1) is 16.2. The number of carbonyl (C=O) groups excluding carboxylic acids is 1. The fraction of sp³-hybridized carbons (Fsp3) is 0.296. The van der Waals surface area contributed by atoms with Gasteiger partial charge in [0.1, 0.15) is 5.75 Å². The predicted molar refractivity (Wildman–Crippen MR) is 135 cm³/mol. The van der Waals surface area contributed by atoms with E-state index in [9.17, 15) is 4.79 Å². The van der Waals surface area contributed by atoms with Crippen LogP contribution in [-0.4, -0.2) is 22.5 Å². The van der Waals surface area contributed by atoms with Crippen LogP contribution in [0.2, 0.25) is 0 Å². The molecule has 4 rings (SSSR count). The van der Waals surface area contributed by atoms with Gasteiger partial charge in [0.05, 0.1) is 29.1 Å². The Labute approximate surface area is 199 Å². The van der Waals surface area contributed by atoms with Crippen LogP contribution in [0.1, 0.15) is 54.7 Å². The van der Waals surface area contributed by atoms with E-state index in [2.05, 4.69) is 31.0 Å². The van der Waals surface area contributed by atoms with Gasteiger partial charge in [0, 0.05) is 11.8 Å². The summed E-state index contributed by atoms with van der Waals surface area (Å²) in [7, 11) is 0. The smallest absolute Gasteiger partial charge is 0.260 e. The molecule has 2 aromatic carbocycles. The molecular weight excluding hydrogens is 430 g/mol. The molecule has 0 spiro atoms. The third-order valence-corrected chi connectivity index (χ3v) is 6.56. The molecule has 170 valence electrons. The van der Waals surface area contributed by atoms with Gasteiger partial charge in [-0.05, 0) is 60.9 Å². The van der Waals surface area contributed by atoms with Crippen LogP contribution in [0.15, 0.2) is 66.9 Å². The Morgan fingerprint density at radius 2 is 1.85 bits per heavy atom. The topological polar surface area (TPSA) is 55.3 Å². The minimum atomic E-state index is -0.102. The number of para-hydroxylation sites is 1. The molecule has 0 saturated carbocycles. The number of rotatable bonds is 10. The second kappa shape index (κ2) is 11.1. The number of nitrogens with zero attached hydrogens (tertiary/aromatic N) is 3. The summed E-state index contributed by atoms with van der Waals surface area (Å²) in [6.45, 7) is 5.34. The van der Waals surface area contributed by atoms with Crippen molar-refractivity contribution in [1.82, 2.24) is 9.97 Å². The first-order valence-electron chi connectivity index (χ1n) is 11.5. The highest BCUT2D eigenvalue weighted by Gasteiger charge is 2.23. The van der Waals surface area contributed by atoms with E-state index < -0.39 is 0 Å². The Bertz CT molecular complexity index is 1190. The SMILES string of the molecule is CCCCCOc1ccc(C(=O)N(Cc2ccccn2)c2nc3c(CC)cccc3s2)cc1. The van der Waals surface area contributed by atoms with Crippen molar-refractivity contribution in [1.29, 1.82) is 0 Å². The molecule has 0 bridgehead atoms. The average molecular weight is 460 g/mol. The Morgan fingerprint density at radius 1 is 1.00 bits per heavy atom. The summed E-state index contributed by atoms with van der Waals surface area (Å²) in [6.07, 6.45) is 5.99. The van der Waals surface area contributed by atoms with Gasteiger partial charge in [-0.25, -0.2) is 4.98 Å². The molecular formula is C27H29N3O2S. The number of anilines is 1. The van der Waals surface area contributed by atoms with Crippen LogP contribution in [0.4, 0.5) is 5.13 Å². The summed E-state index contributed by atoms with van der Waals surface area (Å²) in [5.41, 5.74) is 3.57. The third-order valence-electron chi connectivity index (χ3n) is 5.51. The van der Waals surface area contributed by atoms with Crippen molar-refractivity contribution in [3.63, 3.8) is 0 Å². The normalized spacial score (nSPS) is 11.0. The number of thiazole rings is 1. The molecule has 4 aromatic rings. The molecule has 33 heavy (non-hydrogen) atoms. The van der Waals surface area contributed by atoms with Crippen molar-refractivity contribution in [3.05, 3.63) is 83.7 Å². The van der Waals surface area contributed by atoms with E-state index in [0.29, 0.717) is 23.8 Å². The van der Waals surface area contributed by atoms with Crippen LogP contribution in [0.3, 0.4) is 0 Å². The average Bonchev–Trinajstić information content (AvgIpc) is 3.30. The highest BCUT2D eigenvalue weighted by atomic mass is 32.1. The molecule has 0 saturated heterocycles. The summed E-state index contributed by atoms with van der Waals surface area (Å²) >= 11 is 1.54. The molecule has 1 amide bonds. The minimum Gasteiger partial charge on any atom is -0.494 e. The quantitative estimate of drug-likeness (QED) is 0.249. The maximum atomic E-state index is 13.6. The van der Waals surface area contributed by atoms with E-state index in [1.807, 2.05) is 48.5 Å². The van der Waals surface area contributed by atoms with Crippen LogP contribution in [-0.2, 0) is 13.0 Å². The number of pyridine rings is 1. The van der Waals surface area contributed by atoms with Crippen LogP contribution >= 0.6 is 11.3 Å². The van der Waals surface area contributed by atoms with Gasteiger partial charge >= 0.3 is 0 Å². The lowest BCUT2D eigenvalue weighted by molar-refractivity contribution is 0.0984. The molecule has 5 nitrogen and oxygen atoms in total. The highest BCUT2D eigenvalue weighted by molar-refractivity contribution is 7.22. The van der Waals surface area contributed by atoms with Gasteiger partial charge in [0.2, 0.25) is 0 Å². The summed E-state index contributed by atoms with van der Waals surface area (Å²) in [5, 5.41) is 0.682. The number of benzene rings is 2. The second-order valence-electron chi connectivity index (χ2n) is 7.91. The van der Waals surface area contributed by atoms with E-state index in [0.717, 1.165) is 47.3 Å². The molecule has 0 radical (unpaired) electrons. The lowest BCUT2D eigenvalue weighted by atomic mass is 10.1. The highest BCUT2D eigenvalue weighted by Crippen LogP contribution is 2.32. The summed E-state index contributed by atoms with van der Waals surface area (Å²) in [4.78, 5) is 24.6. The molecule has 0 aliphatic heterocycles. The van der Waals surface area contributed by atoms with Gasteiger partial charge < -0.3 is 4.74 Å². The Balaban J connectivity index is 1.62. The number of ether oxygens (including phenoxy) is 1. The molecule has 2 heterocycles. The molecule has 2 aromatic heterocycles. The number of fused-ring (bicyclic) bond motifs is 1. The maximum absolute atomic E-state index is 13.6. The fourth-order valence-corrected chi connectivity index (χ4v) is 4.68. The van der Waals surface area contributed by atoms with E-state index in [1.54, 1.807) is 11.1 Å². The van der Waals surface area contributed by atoms with Gasteiger partial charge in [0.15, 0.2) is 5.13 Å². The molecule has 6 heteroatoms. The van der Waals surface area contributed by atoms with E-state index >= 15 is 0 Å². The van der Waals surface area contributed by atoms with E-state index in [4.69, 9.17) is 9.72 Å². The number of carbonyl (C=O) groups is 1. The molecule has 0 aliphatic carbocycles. The lowest BCUT2D eigenvalue weighted by Gasteiger charge is -2.20. The number of unbranched alkanes of at least 4 members (excludes halogenated alkanes) is 2. The van der Waals surface area contributed by atoms with Crippen molar-refractivity contribution in [2.75, 3.05) is 11.5 Å². The van der Waals surface area contributed by atoms with Crippen LogP contribution in [0.25, 0.3) is 10.2 Å². The van der Waals surface area contributed by atoms with Gasteiger partial charge in [-0.1, -0.05) is 56.2 Å². The molecule has 0 N–H and O–H groups in total. The molecule has 0 aliphatic rings. The number of aryl methyl sites for hydroxylation is 1. The molecule has 0 unspecified atom stereocenters. The fourth-order valence-electron chi connectivity index (χ4n) is 3.67. The second-order valence-corrected chi connectivity index (χ2v) is 8.92. The number of hydrogen-bond acceptors (Lipinski definition) is 5. The van der Waals surface area contributed by atoms with Gasteiger partial charge in [-0.15, -0.1) is 0 Å². The zero-order valence-corrected chi connectivity index (χ0v) is 20.0. The van der Waals surface area contributed by atoms with E-state index in [1.165, 1.54) is 16.9 Å². The predicted octanol–water partition coefficient (Wildman–Crippen LogP) is 6.67. The Kier molecular flexibility index (Phi) is 7.68. The van der Waals surface area contributed by atoms with Crippen molar-refractivity contribution in [2.45, 2.75) is 46.1 Å². The van der Waals surface area contributed by atoms with Crippen LogP contribution in [0.5, 0.6) is 5.75 Å². The molecule has 0 atom stereocenters. The van der Waals surface area contributed by atoms with Crippen molar-refractivity contribution >= 4 is 32.6 Å². The largest absolute Gasteiger partial charge is 0.494 e. The van der Waals surface area contributed by atoms with Crippen molar-refractivity contribution < 1.29 is 9.53 Å². The zero-order chi connectivity index (χ0) is 23.0. The standard InChI is InChI=1S/C27H29N3O2S/c1-3-5-8-18-32-23-15-13-21(14-16-23)26(31)30(19-22-11-6-7-17-28-22)27-29-25-20(4-2)10-9-12-24(25)33-27/h6-7,9-17H,3-5,8,18-19H2,1-2H3.